The summed E-state index contributed by atoms with van der Waals surface area (Å²) in [6.45, 7) is 10.9. The Morgan fingerprint density at radius 3 is 1.89 bits per heavy atom. The Hall–Kier alpha value is -2.31. The molecule has 0 fully saturated rings. The Labute approximate surface area is 213 Å². The zero-order chi connectivity index (χ0) is 28.2. The molecule has 7 nitrogen and oxygen atoms in total. The Balaban J connectivity index is 2.71. The molecule has 0 heterocycles. The summed E-state index contributed by atoms with van der Waals surface area (Å²) in [5.41, 5.74) is -6.80. The van der Waals surface area contributed by atoms with Crippen molar-refractivity contribution in [1.82, 2.24) is 0 Å². The minimum absolute atomic E-state index is 0.0414. The van der Waals surface area contributed by atoms with Crippen molar-refractivity contribution in [3.05, 3.63) is 46.0 Å². The second kappa shape index (κ2) is 9.21. The second-order valence-corrected chi connectivity index (χ2v) is 15.2. The number of halogens is 4. The van der Waals surface area contributed by atoms with Crippen LogP contribution >= 0.6 is 11.6 Å². The maximum absolute atomic E-state index is 13.3. The van der Waals surface area contributed by atoms with Gasteiger partial charge in [0.15, 0.2) is 9.84 Å². The second-order valence-electron chi connectivity index (χ2n) is 10.2. The smallest absolute Gasteiger partial charge is 0.501 e. The molecule has 0 atom stereocenters. The fraction of sp³-hybridized carbons (Fsp3) is 0.435. The number of sulfone groups is 2. The van der Waals surface area contributed by atoms with Gasteiger partial charge in [-0.3, -0.25) is 4.79 Å². The van der Waals surface area contributed by atoms with Gasteiger partial charge in [-0.1, -0.05) is 32.4 Å². The van der Waals surface area contributed by atoms with Crippen molar-refractivity contribution in [3.63, 3.8) is 0 Å². The van der Waals surface area contributed by atoms with Gasteiger partial charge >= 0.3 is 5.51 Å². The quantitative estimate of drug-likeness (QED) is 0.483. The summed E-state index contributed by atoms with van der Waals surface area (Å²) >= 11 is 5.96. The molecule has 0 spiro atoms. The molecule has 0 saturated carbocycles. The maximum Gasteiger partial charge on any atom is 0.501 e. The van der Waals surface area contributed by atoms with Crippen molar-refractivity contribution < 1.29 is 39.9 Å². The van der Waals surface area contributed by atoms with Crippen molar-refractivity contribution in [2.24, 2.45) is 0 Å². The zero-order valence-electron chi connectivity index (χ0n) is 20.6. The van der Waals surface area contributed by atoms with Crippen LogP contribution in [0.2, 0.25) is 5.02 Å². The van der Waals surface area contributed by atoms with Gasteiger partial charge in [0.25, 0.3) is 15.7 Å². The largest absolute Gasteiger partial charge is 0.507 e. The van der Waals surface area contributed by atoms with Gasteiger partial charge in [0.2, 0.25) is 0 Å². The SMILES string of the molecule is Cc1c(S(=O)(=O)C(C)(C)C)cc(C(C)(C)C)c(O)c1C(=O)Nc1ccc(S(=O)(=O)C(F)(F)F)cc1Cl. The van der Waals surface area contributed by atoms with Crippen LogP contribution in [0.1, 0.15) is 63.0 Å². The van der Waals surface area contributed by atoms with Crippen molar-refractivity contribution in [1.29, 1.82) is 0 Å². The Morgan fingerprint density at radius 1 is 0.944 bits per heavy atom. The van der Waals surface area contributed by atoms with Crippen LogP contribution in [-0.4, -0.2) is 38.1 Å². The van der Waals surface area contributed by atoms with Crippen LogP contribution in [0.5, 0.6) is 5.75 Å². The van der Waals surface area contributed by atoms with E-state index in [-0.39, 0.29) is 27.3 Å². The van der Waals surface area contributed by atoms with E-state index in [9.17, 15) is 39.9 Å². The van der Waals surface area contributed by atoms with Crippen LogP contribution in [0.25, 0.3) is 0 Å². The predicted octanol–water partition coefficient (Wildman–Crippen LogP) is 5.77. The number of alkyl halides is 3. The highest BCUT2D eigenvalue weighted by Gasteiger charge is 2.47. The first-order chi connectivity index (χ1) is 15.9. The van der Waals surface area contributed by atoms with Crippen LogP contribution < -0.4 is 5.32 Å². The molecule has 2 aromatic carbocycles. The van der Waals surface area contributed by atoms with Gasteiger partial charge in [-0.15, -0.1) is 0 Å². The standard InChI is InChI=1S/C23H27ClF3NO6S2/c1-12-17(36(33,34)22(5,6)7)11-14(21(2,3)4)19(29)18(12)20(30)28-16-9-8-13(10-15(16)24)35(31,32)23(25,26)27/h8-11,29H,1-7H3,(H,28,30). The number of benzene rings is 2. The predicted molar refractivity (Wildman–Crippen MR) is 131 cm³/mol. The third kappa shape index (κ3) is 5.35. The number of carbonyl (C=O) groups is 1. The summed E-state index contributed by atoms with van der Waals surface area (Å²) in [4.78, 5) is 11.9. The Kier molecular flexibility index (Phi) is 7.66. The molecule has 200 valence electrons. The van der Waals surface area contributed by atoms with E-state index >= 15 is 0 Å². The number of nitrogens with one attached hydrogen (secondary N) is 1. The summed E-state index contributed by atoms with van der Waals surface area (Å²) in [6, 6.07) is 3.35. The molecule has 2 rings (SSSR count). The molecule has 0 bridgehead atoms. The van der Waals surface area contributed by atoms with E-state index in [4.69, 9.17) is 11.6 Å². The van der Waals surface area contributed by atoms with Crippen molar-refractivity contribution in [2.45, 2.75) is 73.9 Å². The van der Waals surface area contributed by atoms with Crippen molar-refractivity contribution >= 4 is 42.9 Å². The van der Waals surface area contributed by atoms with Crippen LogP contribution in [0.15, 0.2) is 34.1 Å². The summed E-state index contributed by atoms with van der Waals surface area (Å²) in [6.07, 6.45) is 0. The molecule has 36 heavy (non-hydrogen) atoms. The van der Waals surface area contributed by atoms with E-state index in [2.05, 4.69) is 5.32 Å². The molecule has 0 aliphatic heterocycles. The van der Waals surface area contributed by atoms with Crippen LogP contribution in [0.3, 0.4) is 0 Å². The molecule has 0 aromatic heterocycles. The van der Waals surface area contributed by atoms with Gasteiger partial charge in [-0.25, -0.2) is 16.8 Å². The molecule has 1 amide bonds. The van der Waals surface area contributed by atoms with Gasteiger partial charge in [0.05, 0.1) is 30.8 Å². The van der Waals surface area contributed by atoms with E-state index in [1.54, 1.807) is 20.8 Å². The van der Waals surface area contributed by atoms with Gasteiger partial charge in [-0.05, 0) is 62.9 Å². The van der Waals surface area contributed by atoms with Crippen molar-refractivity contribution in [3.8, 4) is 5.75 Å². The zero-order valence-corrected chi connectivity index (χ0v) is 23.0. The number of rotatable bonds is 4. The summed E-state index contributed by atoms with van der Waals surface area (Å²) in [7, 11) is -9.64. The van der Waals surface area contributed by atoms with E-state index in [0.29, 0.717) is 12.1 Å². The lowest BCUT2D eigenvalue weighted by Crippen LogP contribution is -2.30. The molecule has 0 unspecified atom stereocenters. The Morgan fingerprint density at radius 2 is 1.47 bits per heavy atom. The normalized spacial score (nSPS) is 13.5. The van der Waals surface area contributed by atoms with E-state index < -0.39 is 56.9 Å². The summed E-state index contributed by atoms with van der Waals surface area (Å²) < 4.78 is 87.1. The van der Waals surface area contributed by atoms with E-state index in [1.165, 1.54) is 33.8 Å². The van der Waals surface area contributed by atoms with Crippen LogP contribution in [0, 0.1) is 6.92 Å². The molecule has 13 heteroatoms. The fourth-order valence-corrected chi connectivity index (χ4v) is 5.80. The molecule has 0 aliphatic rings. The van der Waals surface area contributed by atoms with Crippen LogP contribution in [0.4, 0.5) is 18.9 Å². The highest BCUT2D eigenvalue weighted by molar-refractivity contribution is 7.93. The fourth-order valence-electron chi connectivity index (χ4n) is 3.28. The molecular formula is C23H27ClF3NO6S2. The first-order valence-electron chi connectivity index (χ1n) is 10.5. The van der Waals surface area contributed by atoms with Crippen LogP contribution in [-0.2, 0) is 25.1 Å². The maximum atomic E-state index is 13.3. The molecule has 2 aromatic rings. The highest BCUT2D eigenvalue weighted by Crippen LogP contribution is 2.41. The number of carbonyl (C=O) groups excluding carboxylic acids is 1. The molecule has 0 radical (unpaired) electrons. The number of hydrogen-bond donors (Lipinski definition) is 2. The minimum atomic E-state index is -5.67. The third-order valence-electron chi connectivity index (χ3n) is 5.45. The molecule has 0 saturated heterocycles. The van der Waals surface area contributed by atoms with Gasteiger partial charge < -0.3 is 10.4 Å². The molecular weight excluding hydrogens is 543 g/mol. The number of phenolic OH excluding ortho intramolecular Hbond substituents is 1. The Bertz CT molecular complexity index is 1440. The van der Waals surface area contributed by atoms with Gasteiger partial charge in [0.1, 0.15) is 5.75 Å². The van der Waals surface area contributed by atoms with Crippen molar-refractivity contribution in [2.75, 3.05) is 5.32 Å². The first-order valence-corrected chi connectivity index (χ1v) is 13.8. The lowest BCUT2D eigenvalue weighted by molar-refractivity contribution is -0.0436. The average molecular weight is 570 g/mol. The number of amides is 1. The van der Waals surface area contributed by atoms with Gasteiger partial charge in [0, 0.05) is 5.56 Å². The number of hydrogen-bond acceptors (Lipinski definition) is 6. The first kappa shape index (κ1) is 29.9. The number of anilines is 1. The molecule has 2 N–H and O–H groups in total. The van der Waals surface area contributed by atoms with Gasteiger partial charge in [-0.2, -0.15) is 13.2 Å². The number of aromatic hydroxyl groups is 1. The lowest BCUT2D eigenvalue weighted by atomic mass is 9.84. The third-order valence-corrected chi connectivity index (χ3v) is 9.86. The summed E-state index contributed by atoms with van der Waals surface area (Å²) in [5.74, 6) is -1.47. The monoisotopic (exact) mass is 569 g/mol. The highest BCUT2D eigenvalue weighted by atomic mass is 35.5. The number of phenols is 1. The summed E-state index contributed by atoms with van der Waals surface area (Å²) in [5, 5.41) is 12.8. The van der Waals surface area contributed by atoms with E-state index in [1.807, 2.05) is 0 Å². The molecule has 0 aliphatic carbocycles. The minimum Gasteiger partial charge on any atom is -0.507 e. The van der Waals surface area contributed by atoms with E-state index in [0.717, 1.165) is 6.07 Å². The topological polar surface area (TPSA) is 118 Å². The lowest BCUT2D eigenvalue weighted by Gasteiger charge is -2.27. The average Bonchev–Trinajstić information content (AvgIpc) is 2.66.